The van der Waals surface area contributed by atoms with E-state index in [9.17, 15) is 4.79 Å². The number of carbonyl (C=O) groups excluding carboxylic acids is 1. The van der Waals surface area contributed by atoms with Crippen molar-refractivity contribution in [3.8, 4) is 11.3 Å². The maximum atomic E-state index is 12.5. The topological polar surface area (TPSA) is 72.7 Å². The molecule has 0 unspecified atom stereocenters. The van der Waals surface area contributed by atoms with Crippen molar-refractivity contribution >= 4 is 57.3 Å². The second-order valence-corrected chi connectivity index (χ2v) is 10.5. The van der Waals surface area contributed by atoms with Gasteiger partial charge in [-0.3, -0.25) is 4.79 Å². The molecule has 1 aliphatic carbocycles. The number of aromatic nitrogens is 4. The molecule has 6 nitrogen and oxygen atoms in total. The van der Waals surface area contributed by atoms with Crippen LogP contribution in [0.2, 0.25) is 10.0 Å². The summed E-state index contributed by atoms with van der Waals surface area (Å²) in [5.41, 5.74) is 1.49. The Balaban J connectivity index is 1.34. The normalized spacial score (nSPS) is 14.6. The summed E-state index contributed by atoms with van der Waals surface area (Å²) in [5, 5.41) is 15.9. The smallest absolute Gasteiger partial charge is 0.236 e. The Labute approximate surface area is 206 Å². The van der Waals surface area contributed by atoms with Gasteiger partial charge in [0.2, 0.25) is 5.91 Å². The zero-order valence-electron chi connectivity index (χ0n) is 17.8. The zero-order valence-corrected chi connectivity index (χ0v) is 21.0. The summed E-state index contributed by atoms with van der Waals surface area (Å²) in [7, 11) is 0. The molecule has 1 fully saturated rings. The van der Waals surface area contributed by atoms with E-state index in [1.165, 1.54) is 55.2 Å². The molecule has 0 aliphatic heterocycles. The molecule has 1 N–H and O–H groups in total. The van der Waals surface area contributed by atoms with Crippen molar-refractivity contribution in [3.05, 3.63) is 39.4 Å². The summed E-state index contributed by atoms with van der Waals surface area (Å²) in [6, 6.07) is 5.27. The molecule has 0 radical (unpaired) electrons. The Hall–Kier alpha value is -1.61. The Kier molecular flexibility index (Phi) is 8.10. The van der Waals surface area contributed by atoms with Crippen LogP contribution in [0.3, 0.4) is 0 Å². The van der Waals surface area contributed by atoms with E-state index in [2.05, 4.69) is 32.0 Å². The van der Waals surface area contributed by atoms with Crippen LogP contribution in [0, 0.1) is 5.92 Å². The molecule has 1 saturated carbocycles. The number of benzene rings is 1. The molecular weight excluding hydrogens is 485 g/mol. The molecule has 170 valence electrons. The van der Waals surface area contributed by atoms with Gasteiger partial charge in [-0.2, -0.15) is 0 Å². The van der Waals surface area contributed by atoms with Crippen LogP contribution in [-0.4, -0.2) is 31.4 Å². The Morgan fingerprint density at radius 1 is 1.25 bits per heavy atom. The molecule has 1 aliphatic rings. The summed E-state index contributed by atoms with van der Waals surface area (Å²) >= 11 is 15.0. The standard InChI is InChI=1S/C22H25Cl2N5OS2/c1-2-29-19(10-14-6-4-3-5-7-14)27-28-22(29)32-13-20(30)26-21-25-18(12-31-21)16-9-8-15(23)11-17(16)24/h8-9,11-12,14H,2-7,10,13H2,1H3,(H,25,26,30). The summed E-state index contributed by atoms with van der Waals surface area (Å²) in [6.45, 7) is 2.90. The van der Waals surface area contributed by atoms with Gasteiger partial charge in [0.05, 0.1) is 16.5 Å². The van der Waals surface area contributed by atoms with Crippen LogP contribution in [0.25, 0.3) is 11.3 Å². The minimum absolute atomic E-state index is 0.127. The van der Waals surface area contributed by atoms with Crippen LogP contribution in [0.1, 0.15) is 44.9 Å². The molecule has 2 aromatic heterocycles. The van der Waals surface area contributed by atoms with E-state index in [-0.39, 0.29) is 11.7 Å². The first kappa shape index (κ1) is 23.5. The molecule has 10 heteroatoms. The van der Waals surface area contributed by atoms with E-state index >= 15 is 0 Å². The highest BCUT2D eigenvalue weighted by Gasteiger charge is 2.20. The molecule has 0 saturated heterocycles. The van der Waals surface area contributed by atoms with Crippen molar-refractivity contribution in [1.82, 2.24) is 19.7 Å². The van der Waals surface area contributed by atoms with Gasteiger partial charge in [0.15, 0.2) is 10.3 Å². The number of anilines is 1. The van der Waals surface area contributed by atoms with Gasteiger partial charge in [-0.25, -0.2) is 4.98 Å². The molecule has 0 atom stereocenters. The Morgan fingerprint density at radius 3 is 2.81 bits per heavy atom. The minimum atomic E-state index is -0.127. The van der Waals surface area contributed by atoms with Crippen molar-refractivity contribution in [2.45, 2.75) is 57.1 Å². The largest absolute Gasteiger partial charge is 0.306 e. The van der Waals surface area contributed by atoms with Gasteiger partial charge in [0, 0.05) is 28.9 Å². The molecule has 0 spiro atoms. The first-order valence-corrected chi connectivity index (χ1v) is 13.4. The number of hydrogen-bond acceptors (Lipinski definition) is 6. The van der Waals surface area contributed by atoms with Crippen LogP contribution in [0.15, 0.2) is 28.7 Å². The number of thioether (sulfide) groups is 1. The third-order valence-electron chi connectivity index (χ3n) is 5.60. The van der Waals surface area contributed by atoms with Crippen molar-refractivity contribution in [2.24, 2.45) is 5.92 Å². The average Bonchev–Trinajstić information content (AvgIpc) is 3.39. The lowest BCUT2D eigenvalue weighted by Gasteiger charge is -2.21. The highest BCUT2D eigenvalue weighted by Crippen LogP contribution is 2.32. The van der Waals surface area contributed by atoms with Gasteiger partial charge in [-0.1, -0.05) is 67.1 Å². The first-order chi connectivity index (χ1) is 15.5. The average molecular weight is 511 g/mol. The van der Waals surface area contributed by atoms with Gasteiger partial charge in [0.1, 0.15) is 5.82 Å². The summed E-state index contributed by atoms with van der Waals surface area (Å²) < 4.78 is 2.14. The van der Waals surface area contributed by atoms with E-state index < -0.39 is 0 Å². The third-order valence-corrected chi connectivity index (χ3v) is 7.87. The van der Waals surface area contributed by atoms with Crippen molar-refractivity contribution in [2.75, 3.05) is 11.1 Å². The number of thiazole rings is 1. The van der Waals surface area contributed by atoms with Crippen LogP contribution < -0.4 is 5.32 Å². The molecule has 1 aromatic carbocycles. The van der Waals surface area contributed by atoms with Crippen LogP contribution >= 0.6 is 46.3 Å². The lowest BCUT2D eigenvalue weighted by Crippen LogP contribution is -2.15. The van der Waals surface area contributed by atoms with Crippen molar-refractivity contribution < 1.29 is 4.79 Å². The van der Waals surface area contributed by atoms with E-state index in [4.69, 9.17) is 23.2 Å². The van der Waals surface area contributed by atoms with E-state index in [0.29, 0.717) is 26.8 Å². The molecule has 4 rings (SSSR count). The molecule has 2 heterocycles. The molecule has 3 aromatic rings. The molecule has 32 heavy (non-hydrogen) atoms. The van der Waals surface area contributed by atoms with Crippen molar-refractivity contribution in [3.63, 3.8) is 0 Å². The number of rotatable bonds is 8. The van der Waals surface area contributed by atoms with Gasteiger partial charge < -0.3 is 9.88 Å². The molecular formula is C22H25Cl2N5OS2. The number of nitrogens with one attached hydrogen (secondary N) is 1. The van der Waals surface area contributed by atoms with Gasteiger partial charge in [-0.05, 0) is 31.0 Å². The van der Waals surface area contributed by atoms with E-state index in [1.807, 2.05) is 11.4 Å². The Morgan fingerprint density at radius 2 is 2.06 bits per heavy atom. The maximum absolute atomic E-state index is 12.5. The van der Waals surface area contributed by atoms with Gasteiger partial charge >= 0.3 is 0 Å². The van der Waals surface area contributed by atoms with Gasteiger partial charge in [-0.15, -0.1) is 21.5 Å². The van der Waals surface area contributed by atoms with Crippen LogP contribution in [0.4, 0.5) is 5.13 Å². The highest BCUT2D eigenvalue weighted by atomic mass is 35.5. The number of amides is 1. The number of carbonyl (C=O) groups is 1. The zero-order chi connectivity index (χ0) is 22.5. The monoisotopic (exact) mass is 509 g/mol. The summed E-state index contributed by atoms with van der Waals surface area (Å²) in [4.78, 5) is 17.0. The van der Waals surface area contributed by atoms with Gasteiger partial charge in [0.25, 0.3) is 0 Å². The minimum Gasteiger partial charge on any atom is -0.306 e. The first-order valence-electron chi connectivity index (χ1n) is 10.8. The maximum Gasteiger partial charge on any atom is 0.236 e. The number of nitrogens with zero attached hydrogens (tertiary/aromatic N) is 4. The summed E-state index contributed by atoms with van der Waals surface area (Å²) in [5.74, 6) is 1.86. The Bertz CT molecular complexity index is 1080. The quantitative estimate of drug-likeness (QED) is 0.347. The van der Waals surface area contributed by atoms with Crippen LogP contribution in [-0.2, 0) is 17.8 Å². The van der Waals surface area contributed by atoms with E-state index in [0.717, 1.165) is 29.5 Å². The third kappa shape index (κ3) is 5.84. The van der Waals surface area contributed by atoms with Crippen LogP contribution in [0.5, 0.6) is 0 Å². The SMILES string of the molecule is CCn1c(CC2CCCCC2)nnc1SCC(=O)Nc1nc(-c2ccc(Cl)cc2Cl)cs1. The lowest BCUT2D eigenvalue weighted by molar-refractivity contribution is -0.113. The fourth-order valence-corrected chi connectivity index (χ4v) is 6.03. The lowest BCUT2D eigenvalue weighted by atomic mass is 9.87. The molecule has 1 amide bonds. The van der Waals surface area contributed by atoms with Crippen molar-refractivity contribution in [1.29, 1.82) is 0 Å². The second-order valence-electron chi connectivity index (χ2n) is 7.85. The fraction of sp³-hybridized carbons (Fsp3) is 0.455. The predicted molar refractivity (Wildman–Crippen MR) is 133 cm³/mol. The second kappa shape index (κ2) is 11.0. The number of hydrogen-bond donors (Lipinski definition) is 1. The predicted octanol–water partition coefficient (Wildman–Crippen LogP) is 6.58. The highest BCUT2D eigenvalue weighted by molar-refractivity contribution is 7.99. The van der Waals surface area contributed by atoms with E-state index in [1.54, 1.807) is 12.1 Å². The summed E-state index contributed by atoms with van der Waals surface area (Å²) in [6.07, 6.45) is 7.51. The molecule has 0 bridgehead atoms. The number of halogens is 2. The fourth-order valence-electron chi connectivity index (χ4n) is 3.98.